The lowest BCUT2D eigenvalue weighted by molar-refractivity contribution is -0.122. The van der Waals surface area contributed by atoms with Crippen molar-refractivity contribution in [3.63, 3.8) is 0 Å². The van der Waals surface area contributed by atoms with Crippen LogP contribution in [0.2, 0.25) is 0 Å². The van der Waals surface area contributed by atoms with Gasteiger partial charge in [-0.15, -0.1) is 0 Å². The summed E-state index contributed by atoms with van der Waals surface area (Å²) < 4.78 is 6.99. The van der Waals surface area contributed by atoms with Crippen molar-refractivity contribution in [2.24, 2.45) is 5.92 Å². The molecule has 0 spiro atoms. The highest BCUT2D eigenvalue weighted by atomic mass is 16.5. The molecule has 2 amide bonds. The first-order valence-electron chi connectivity index (χ1n) is 10.5. The second kappa shape index (κ2) is 10.3. The first kappa shape index (κ1) is 22.6. The molecule has 162 valence electrons. The molecule has 2 aromatic heterocycles. The number of nitrogens with one attached hydrogen (secondary N) is 2. The van der Waals surface area contributed by atoms with Gasteiger partial charge in [-0.2, -0.15) is 0 Å². The topological polar surface area (TPSA) is 106 Å². The van der Waals surface area contributed by atoms with E-state index in [0.29, 0.717) is 30.8 Å². The summed E-state index contributed by atoms with van der Waals surface area (Å²) in [6.07, 6.45) is 5.49. The van der Waals surface area contributed by atoms with Crippen LogP contribution < -0.4 is 20.9 Å². The van der Waals surface area contributed by atoms with E-state index >= 15 is 0 Å². The largest absolute Gasteiger partial charge is 0.492 e. The van der Waals surface area contributed by atoms with E-state index in [2.05, 4.69) is 10.6 Å². The molecule has 2 N–H and O–H groups in total. The molecule has 2 heterocycles. The van der Waals surface area contributed by atoms with E-state index in [4.69, 9.17) is 12.6 Å². The van der Waals surface area contributed by atoms with Crippen molar-refractivity contribution in [2.45, 2.75) is 45.1 Å². The van der Waals surface area contributed by atoms with Gasteiger partial charge in [0.15, 0.2) is 13.7 Å². The van der Waals surface area contributed by atoms with Gasteiger partial charge in [0.05, 0.1) is 12.8 Å². The molecule has 9 heteroatoms. The van der Waals surface area contributed by atoms with Crippen molar-refractivity contribution < 1.29 is 19.1 Å². The van der Waals surface area contributed by atoms with E-state index in [1.165, 1.54) is 16.7 Å². The lowest BCUT2D eigenvalue weighted by atomic mass is 9.82. The Kier molecular flexibility index (Phi) is 7.49. The van der Waals surface area contributed by atoms with E-state index in [-0.39, 0.29) is 23.3 Å². The quantitative estimate of drug-likeness (QED) is 0.498. The van der Waals surface area contributed by atoms with Crippen molar-refractivity contribution in [3.8, 4) is 5.75 Å². The van der Waals surface area contributed by atoms with Crippen molar-refractivity contribution >= 4 is 30.9 Å². The van der Waals surface area contributed by atoms with Gasteiger partial charge in [-0.05, 0) is 50.5 Å². The maximum absolute atomic E-state index is 12.9. The maximum atomic E-state index is 12.9. The Morgan fingerprint density at radius 3 is 2.65 bits per heavy atom. The van der Waals surface area contributed by atoms with E-state index < -0.39 is 17.3 Å². The van der Waals surface area contributed by atoms with E-state index in [1.807, 2.05) is 0 Å². The van der Waals surface area contributed by atoms with E-state index in [0.717, 1.165) is 25.7 Å². The van der Waals surface area contributed by atoms with Gasteiger partial charge in [-0.1, -0.05) is 12.8 Å². The number of ether oxygens (including phenoxy) is 1. The van der Waals surface area contributed by atoms with Gasteiger partial charge in [0.2, 0.25) is 0 Å². The Morgan fingerprint density at radius 2 is 1.90 bits per heavy atom. The van der Waals surface area contributed by atoms with Crippen LogP contribution in [0, 0.1) is 5.92 Å². The fourth-order valence-corrected chi connectivity index (χ4v) is 3.94. The third-order valence-corrected chi connectivity index (χ3v) is 5.56. The average molecular weight is 423 g/mol. The number of carbonyl (C=O) groups is 3. The van der Waals surface area contributed by atoms with Gasteiger partial charge in [0.25, 0.3) is 11.5 Å². The van der Waals surface area contributed by atoms with Crippen molar-refractivity contribution in [3.05, 3.63) is 46.4 Å². The molecule has 2 unspecified atom stereocenters. The highest BCUT2D eigenvalue weighted by Crippen LogP contribution is 2.25. The van der Waals surface area contributed by atoms with Crippen LogP contribution in [0.5, 0.6) is 5.75 Å². The second-order valence-corrected chi connectivity index (χ2v) is 7.79. The van der Waals surface area contributed by atoms with Gasteiger partial charge in [-0.3, -0.25) is 23.6 Å². The summed E-state index contributed by atoms with van der Waals surface area (Å²) in [5.74, 6) is -0.736. The number of fused-ring (bicyclic) bond motifs is 1. The molecule has 1 aliphatic carbocycles. The van der Waals surface area contributed by atoms with Crippen LogP contribution in [0.4, 0.5) is 4.79 Å². The summed E-state index contributed by atoms with van der Waals surface area (Å²) in [4.78, 5) is 48.3. The van der Waals surface area contributed by atoms with E-state index in [9.17, 15) is 19.2 Å². The van der Waals surface area contributed by atoms with Crippen molar-refractivity contribution in [1.29, 1.82) is 0 Å². The van der Waals surface area contributed by atoms with E-state index in [1.54, 1.807) is 25.1 Å². The molecule has 0 aromatic carbocycles. The zero-order valence-corrected chi connectivity index (χ0v) is 17.6. The normalized spacial score (nSPS) is 18.4. The number of pyridine rings is 2. The molecule has 2 atom stereocenters. The van der Waals surface area contributed by atoms with Gasteiger partial charge in [0, 0.05) is 24.0 Å². The lowest BCUT2D eigenvalue weighted by Crippen LogP contribution is -2.45. The molecule has 0 bridgehead atoms. The minimum absolute atomic E-state index is 0.0215. The number of hydrogen-bond donors (Lipinski definition) is 2. The summed E-state index contributed by atoms with van der Waals surface area (Å²) in [5.41, 5.74) is 0.197. The number of ketones is 1. The third-order valence-electron chi connectivity index (χ3n) is 5.56. The SMILES string of the molecule is [B]C(=O)NCCCOc1ccc2ccc(C(=O)NC3CCCCC3C(C)=O)c(=O)n2c1. The number of Topliss-reactive ketones (excluding diaryl/α,β-unsaturated/α-hetero) is 1. The average Bonchev–Trinajstić information content (AvgIpc) is 2.74. The monoisotopic (exact) mass is 423 g/mol. The molecule has 31 heavy (non-hydrogen) atoms. The Hall–Kier alpha value is -3.10. The van der Waals surface area contributed by atoms with Crippen LogP contribution in [0.15, 0.2) is 35.3 Å². The van der Waals surface area contributed by atoms with Crippen LogP contribution in [-0.4, -0.2) is 48.9 Å². The molecule has 2 aromatic rings. The maximum Gasteiger partial charge on any atom is 0.268 e. The number of aromatic nitrogens is 1. The molecule has 1 fully saturated rings. The lowest BCUT2D eigenvalue weighted by Gasteiger charge is -2.30. The fourth-order valence-electron chi connectivity index (χ4n) is 3.94. The van der Waals surface area contributed by atoms with Gasteiger partial charge in [-0.25, -0.2) is 0 Å². The molecule has 0 saturated heterocycles. The first-order chi connectivity index (χ1) is 14.9. The number of amides is 2. The van der Waals surface area contributed by atoms with Crippen LogP contribution >= 0.6 is 0 Å². The summed E-state index contributed by atoms with van der Waals surface area (Å²) >= 11 is 0. The number of carbonyl (C=O) groups excluding carboxylic acids is 3. The molecule has 2 radical (unpaired) electrons. The predicted octanol–water partition coefficient (Wildman–Crippen LogP) is 1.82. The fraction of sp³-hybridized carbons (Fsp3) is 0.455. The second-order valence-electron chi connectivity index (χ2n) is 7.79. The van der Waals surface area contributed by atoms with Crippen LogP contribution in [0.25, 0.3) is 5.52 Å². The molecule has 3 rings (SSSR count). The van der Waals surface area contributed by atoms with Crippen LogP contribution in [0.1, 0.15) is 49.4 Å². The molecule has 8 nitrogen and oxygen atoms in total. The van der Waals surface area contributed by atoms with Crippen molar-refractivity contribution in [2.75, 3.05) is 13.2 Å². The van der Waals surface area contributed by atoms with Crippen LogP contribution in [-0.2, 0) is 4.79 Å². The molecular formula is C22H26BN3O5. The Bertz CT molecular complexity index is 1040. The third kappa shape index (κ3) is 5.74. The summed E-state index contributed by atoms with van der Waals surface area (Å²) in [6.45, 7) is 2.26. The number of hydrogen-bond acceptors (Lipinski definition) is 5. The molecule has 0 aliphatic heterocycles. The predicted molar refractivity (Wildman–Crippen MR) is 117 cm³/mol. The Balaban J connectivity index is 1.73. The highest BCUT2D eigenvalue weighted by molar-refractivity contribution is 6.57. The van der Waals surface area contributed by atoms with Crippen LogP contribution in [0.3, 0.4) is 0 Å². The minimum Gasteiger partial charge on any atom is -0.492 e. The van der Waals surface area contributed by atoms with Gasteiger partial charge >= 0.3 is 0 Å². The Morgan fingerprint density at radius 1 is 1.16 bits per heavy atom. The molecule has 1 aliphatic rings. The summed E-state index contributed by atoms with van der Waals surface area (Å²) in [7, 11) is 5.01. The van der Waals surface area contributed by atoms with Gasteiger partial charge < -0.3 is 15.4 Å². The standard InChI is InChI=1S/C22H26BN3O5/c1-14(27)17-5-2-3-6-19(17)25-20(28)18-10-8-15-7-9-16(13-26(15)21(18)29)31-12-4-11-24-22(23)30/h7-10,13,17,19H,2-6,11-12H2,1H3,(H,24,30)(H,25,28). The first-order valence-corrected chi connectivity index (χ1v) is 10.5. The van der Waals surface area contributed by atoms with Gasteiger partial charge in [0.1, 0.15) is 17.1 Å². The zero-order chi connectivity index (χ0) is 22.4. The molecule has 1 saturated carbocycles. The summed E-state index contributed by atoms with van der Waals surface area (Å²) in [5, 5.41) is 5.37. The van der Waals surface area contributed by atoms with Crippen molar-refractivity contribution in [1.82, 2.24) is 15.0 Å². The Labute approximate surface area is 181 Å². The highest BCUT2D eigenvalue weighted by Gasteiger charge is 2.30. The number of nitrogens with zero attached hydrogens (tertiary/aromatic N) is 1. The molecular weight excluding hydrogens is 397 g/mol. The number of rotatable bonds is 8. The smallest absolute Gasteiger partial charge is 0.268 e. The summed E-state index contributed by atoms with van der Waals surface area (Å²) in [6, 6.07) is 6.42. The zero-order valence-electron chi connectivity index (χ0n) is 17.6. The minimum atomic E-state index is -0.592.